The van der Waals surface area contributed by atoms with Crippen molar-refractivity contribution >= 4 is 17.2 Å². The van der Waals surface area contributed by atoms with E-state index in [0.29, 0.717) is 5.92 Å². The minimum atomic E-state index is 0.222. The Hall–Kier alpha value is -1.61. The Morgan fingerprint density at radius 2 is 1.86 bits per heavy atom. The first-order valence-electron chi connectivity index (χ1n) is 8.03. The van der Waals surface area contributed by atoms with Crippen molar-refractivity contribution in [1.82, 2.24) is 4.90 Å². The highest BCUT2D eigenvalue weighted by Crippen LogP contribution is 2.26. The molecule has 0 bridgehead atoms. The average molecular weight is 313 g/mol. The lowest BCUT2D eigenvalue weighted by Gasteiger charge is -2.32. The number of aryl methyl sites for hydroxylation is 1. The molecule has 1 aromatic carbocycles. The lowest BCUT2D eigenvalue weighted by molar-refractivity contribution is 0.0690. The number of piperidine rings is 1. The van der Waals surface area contributed by atoms with Gasteiger partial charge in [0.25, 0.3) is 5.91 Å². The number of amides is 1. The zero-order chi connectivity index (χ0) is 15.5. The van der Waals surface area contributed by atoms with Crippen LogP contribution in [-0.4, -0.2) is 23.9 Å². The van der Waals surface area contributed by atoms with E-state index in [2.05, 4.69) is 44.2 Å². The van der Waals surface area contributed by atoms with E-state index in [1.54, 1.807) is 11.3 Å². The molecule has 1 aliphatic rings. The van der Waals surface area contributed by atoms with Crippen LogP contribution in [0.4, 0.5) is 0 Å². The molecule has 1 amide bonds. The highest BCUT2D eigenvalue weighted by atomic mass is 32.1. The Morgan fingerprint density at radius 3 is 2.45 bits per heavy atom. The first-order chi connectivity index (χ1) is 10.6. The van der Waals surface area contributed by atoms with E-state index in [0.717, 1.165) is 43.5 Å². The molecule has 2 nitrogen and oxygen atoms in total. The summed E-state index contributed by atoms with van der Waals surface area (Å²) in [6.45, 7) is 5.93. The number of carbonyl (C=O) groups is 1. The fourth-order valence-electron chi connectivity index (χ4n) is 3.18. The molecule has 2 aromatic rings. The first-order valence-corrected chi connectivity index (χ1v) is 8.91. The molecular formula is C19H23NOS. The molecule has 1 aliphatic heterocycles. The Labute approximate surface area is 136 Å². The lowest BCUT2D eigenvalue weighted by Crippen LogP contribution is -2.39. The van der Waals surface area contributed by atoms with Gasteiger partial charge in [0.2, 0.25) is 0 Å². The predicted octanol–water partition coefficient (Wildman–Crippen LogP) is 4.46. The second-order valence-electron chi connectivity index (χ2n) is 6.26. The van der Waals surface area contributed by atoms with Crippen LogP contribution in [0.25, 0.3) is 0 Å². The smallest absolute Gasteiger partial charge is 0.254 e. The summed E-state index contributed by atoms with van der Waals surface area (Å²) in [4.78, 5) is 15.9. The minimum Gasteiger partial charge on any atom is -0.339 e. The van der Waals surface area contributed by atoms with Crippen LogP contribution in [0.15, 0.2) is 35.7 Å². The molecule has 0 unspecified atom stereocenters. The van der Waals surface area contributed by atoms with Crippen LogP contribution >= 0.6 is 11.3 Å². The Morgan fingerprint density at radius 1 is 1.18 bits per heavy atom. The third-order valence-corrected chi connectivity index (χ3v) is 5.80. The molecule has 1 saturated heterocycles. The minimum absolute atomic E-state index is 0.222. The van der Waals surface area contributed by atoms with Crippen molar-refractivity contribution in [1.29, 1.82) is 0 Å². The second-order valence-corrected chi connectivity index (χ2v) is 7.34. The molecule has 3 rings (SSSR count). The second kappa shape index (κ2) is 6.66. The molecule has 2 heterocycles. The Bertz CT molecular complexity index is 639. The number of benzene rings is 1. The van der Waals surface area contributed by atoms with Crippen molar-refractivity contribution < 1.29 is 4.79 Å². The summed E-state index contributed by atoms with van der Waals surface area (Å²) in [5.41, 5.74) is 3.47. The molecule has 1 aromatic heterocycles. The molecule has 0 N–H and O–H groups in total. The van der Waals surface area contributed by atoms with Gasteiger partial charge in [0.15, 0.2) is 0 Å². The van der Waals surface area contributed by atoms with Gasteiger partial charge in [0, 0.05) is 23.3 Å². The van der Waals surface area contributed by atoms with E-state index in [4.69, 9.17) is 0 Å². The first kappa shape index (κ1) is 15.3. The number of carbonyl (C=O) groups excluding carboxylic acids is 1. The third kappa shape index (κ3) is 3.25. The van der Waals surface area contributed by atoms with E-state index >= 15 is 0 Å². The van der Waals surface area contributed by atoms with Gasteiger partial charge in [-0.2, -0.15) is 0 Å². The number of hydrogen-bond acceptors (Lipinski definition) is 2. The van der Waals surface area contributed by atoms with Crippen LogP contribution in [0.2, 0.25) is 0 Å². The van der Waals surface area contributed by atoms with Gasteiger partial charge in [-0.15, -0.1) is 11.3 Å². The van der Waals surface area contributed by atoms with Gasteiger partial charge in [-0.3, -0.25) is 4.79 Å². The number of rotatable bonds is 3. The van der Waals surface area contributed by atoms with Gasteiger partial charge in [0.1, 0.15) is 0 Å². The van der Waals surface area contributed by atoms with Crippen LogP contribution in [0.1, 0.15) is 39.2 Å². The Kier molecular flexibility index (Phi) is 4.63. The van der Waals surface area contributed by atoms with Crippen LogP contribution in [0.3, 0.4) is 0 Å². The maximum Gasteiger partial charge on any atom is 0.254 e. The molecule has 0 saturated carbocycles. The fourth-order valence-corrected chi connectivity index (χ4v) is 4.04. The van der Waals surface area contributed by atoms with Gasteiger partial charge >= 0.3 is 0 Å². The van der Waals surface area contributed by atoms with E-state index in [1.807, 2.05) is 10.3 Å². The van der Waals surface area contributed by atoms with Crippen molar-refractivity contribution in [3.05, 3.63) is 57.3 Å². The molecule has 1 fully saturated rings. The zero-order valence-corrected chi connectivity index (χ0v) is 14.2. The summed E-state index contributed by atoms with van der Waals surface area (Å²) >= 11 is 1.68. The molecule has 0 radical (unpaired) electrons. The third-order valence-electron chi connectivity index (χ3n) is 4.79. The number of thiophene rings is 1. The molecule has 22 heavy (non-hydrogen) atoms. The summed E-state index contributed by atoms with van der Waals surface area (Å²) < 4.78 is 0. The molecule has 0 atom stereocenters. The largest absolute Gasteiger partial charge is 0.339 e. The van der Waals surface area contributed by atoms with E-state index in [1.165, 1.54) is 10.4 Å². The fraction of sp³-hybridized carbons (Fsp3) is 0.421. The van der Waals surface area contributed by atoms with E-state index in [9.17, 15) is 4.79 Å². The van der Waals surface area contributed by atoms with Crippen molar-refractivity contribution in [2.24, 2.45) is 5.92 Å². The van der Waals surface area contributed by atoms with Crippen LogP contribution < -0.4 is 0 Å². The summed E-state index contributed by atoms with van der Waals surface area (Å²) in [6.07, 6.45) is 3.37. The number of nitrogens with zero attached hydrogens (tertiary/aromatic N) is 1. The van der Waals surface area contributed by atoms with Crippen LogP contribution in [0.5, 0.6) is 0 Å². The maximum atomic E-state index is 12.6. The predicted molar refractivity (Wildman–Crippen MR) is 92.6 cm³/mol. The summed E-state index contributed by atoms with van der Waals surface area (Å²) in [5.74, 6) is 0.928. The molecular weight excluding hydrogens is 290 g/mol. The standard InChI is InChI=1S/C19H23NOS/c1-14-15(2)22-13-18(14)19(21)20-10-8-17(9-11-20)12-16-6-4-3-5-7-16/h3-7,13,17H,8-12H2,1-2H3. The van der Waals surface area contributed by atoms with Gasteiger partial charge in [-0.1, -0.05) is 30.3 Å². The maximum absolute atomic E-state index is 12.6. The lowest BCUT2D eigenvalue weighted by atomic mass is 9.90. The topological polar surface area (TPSA) is 20.3 Å². The molecule has 3 heteroatoms. The van der Waals surface area contributed by atoms with Gasteiger partial charge < -0.3 is 4.90 Å². The van der Waals surface area contributed by atoms with E-state index < -0.39 is 0 Å². The highest BCUT2D eigenvalue weighted by molar-refractivity contribution is 7.10. The van der Waals surface area contributed by atoms with Gasteiger partial charge in [0.05, 0.1) is 5.56 Å². The van der Waals surface area contributed by atoms with Crippen LogP contribution in [0, 0.1) is 19.8 Å². The van der Waals surface area contributed by atoms with Crippen molar-refractivity contribution in [2.45, 2.75) is 33.1 Å². The number of likely N-dealkylation sites (tertiary alicyclic amines) is 1. The van der Waals surface area contributed by atoms with Crippen molar-refractivity contribution in [2.75, 3.05) is 13.1 Å². The van der Waals surface area contributed by atoms with Crippen molar-refractivity contribution in [3.8, 4) is 0 Å². The van der Waals surface area contributed by atoms with Gasteiger partial charge in [-0.05, 0) is 50.2 Å². The summed E-state index contributed by atoms with van der Waals surface area (Å²) in [6, 6.07) is 10.7. The van der Waals surface area contributed by atoms with Crippen LogP contribution in [-0.2, 0) is 6.42 Å². The SMILES string of the molecule is Cc1scc(C(=O)N2CCC(Cc3ccccc3)CC2)c1C. The Balaban J connectivity index is 1.57. The van der Waals surface area contributed by atoms with E-state index in [-0.39, 0.29) is 5.91 Å². The molecule has 116 valence electrons. The summed E-state index contributed by atoms with van der Waals surface area (Å²) in [5, 5.41) is 2.02. The number of hydrogen-bond donors (Lipinski definition) is 0. The zero-order valence-electron chi connectivity index (χ0n) is 13.3. The normalized spacial score (nSPS) is 16.0. The van der Waals surface area contributed by atoms with Gasteiger partial charge in [-0.25, -0.2) is 0 Å². The highest BCUT2D eigenvalue weighted by Gasteiger charge is 2.25. The monoisotopic (exact) mass is 313 g/mol. The molecule has 0 aliphatic carbocycles. The summed E-state index contributed by atoms with van der Waals surface area (Å²) in [7, 11) is 0. The average Bonchev–Trinajstić information content (AvgIpc) is 2.88. The van der Waals surface area contributed by atoms with Crippen molar-refractivity contribution in [3.63, 3.8) is 0 Å². The molecule has 0 spiro atoms. The quantitative estimate of drug-likeness (QED) is 0.819.